The van der Waals surface area contributed by atoms with Gasteiger partial charge in [-0.3, -0.25) is 0 Å². The van der Waals surface area contributed by atoms with Gasteiger partial charge >= 0.3 is 0 Å². The molecule has 0 fully saturated rings. The summed E-state index contributed by atoms with van der Waals surface area (Å²) < 4.78 is 0. The van der Waals surface area contributed by atoms with Crippen LogP contribution < -0.4 is 52.4 Å². The topological polar surface area (TPSA) is 13.0 Å². The van der Waals surface area contributed by atoms with Gasteiger partial charge in [-0.2, -0.15) is 0 Å². The van der Waals surface area contributed by atoms with Crippen LogP contribution in [0.5, 0.6) is 0 Å². The van der Waals surface area contributed by atoms with E-state index in [0.717, 1.165) is 22.7 Å². The molecule has 0 spiro atoms. The van der Waals surface area contributed by atoms with E-state index >= 15 is 0 Å². The van der Waals surface area contributed by atoms with Crippen molar-refractivity contribution in [2.24, 2.45) is 0 Å². The quantitative estimate of drug-likeness (QED) is 0.154. The molecule has 0 N–H and O–H groups in total. The zero-order valence-electron chi connectivity index (χ0n) is 51.0. The van der Waals surface area contributed by atoms with Crippen molar-refractivity contribution in [3.8, 4) is 22.3 Å². The highest BCUT2D eigenvalue weighted by atomic mass is 15.2. The Morgan fingerprint density at radius 2 is 0.547 bits per heavy atom. The van der Waals surface area contributed by atoms with Gasteiger partial charge < -0.3 is 19.6 Å². The monoisotopic (exact) mass is 1110 g/mol. The number of rotatable bonds is 6. The van der Waals surface area contributed by atoms with E-state index in [1.165, 1.54) is 145 Å². The Morgan fingerprint density at radius 1 is 0.244 bits per heavy atom. The molecular weight excluding hydrogens is 1040 g/mol. The van der Waals surface area contributed by atoms with Crippen molar-refractivity contribution in [3.63, 3.8) is 0 Å². The van der Waals surface area contributed by atoms with Crippen molar-refractivity contribution < 1.29 is 0 Å². The number of anilines is 12. The summed E-state index contributed by atoms with van der Waals surface area (Å²) in [6.45, 7) is 21.5. The smallest absolute Gasteiger partial charge is 0.252 e. The second-order valence-electron chi connectivity index (χ2n) is 23.3. The van der Waals surface area contributed by atoms with Crippen molar-refractivity contribution in [2.45, 2.75) is 69.2 Å². The average molecular weight is 1110 g/mol. The van der Waals surface area contributed by atoms with Gasteiger partial charge in [0, 0.05) is 68.2 Å². The first-order chi connectivity index (χ1) is 42.2. The zero-order chi connectivity index (χ0) is 59.1. The molecule has 6 heteroatoms. The average Bonchev–Trinajstić information content (AvgIpc) is 0.733. The van der Waals surface area contributed by atoms with Crippen LogP contribution in [0.2, 0.25) is 0 Å². The molecule has 12 aromatic rings. The lowest BCUT2D eigenvalue weighted by Gasteiger charge is -2.44. The molecule has 86 heavy (non-hydrogen) atoms. The minimum Gasteiger partial charge on any atom is -0.311 e. The molecule has 416 valence electrons. The molecule has 0 aromatic heterocycles. The van der Waals surface area contributed by atoms with Crippen LogP contribution in [0.25, 0.3) is 33.0 Å². The first kappa shape index (κ1) is 54.2. The number of hydrogen-bond acceptors (Lipinski definition) is 4. The number of nitrogens with zero attached hydrogens (tertiary/aromatic N) is 4. The van der Waals surface area contributed by atoms with E-state index in [1.54, 1.807) is 0 Å². The van der Waals surface area contributed by atoms with Gasteiger partial charge in [-0.05, 0) is 216 Å². The van der Waals surface area contributed by atoms with Crippen LogP contribution >= 0.6 is 0 Å². The number of para-hydroxylation sites is 4. The molecule has 0 radical (unpaired) electrons. The molecule has 4 heterocycles. The van der Waals surface area contributed by atoms with E-state index in [2.05, 4.69) is 304 Å². The molecule has 0 amide bonds. The fourth-order valence-electron chi connectivity index (χ4n) is 14.5. The standard InChI is InChI=1S/C76H58B2N4.2C2H6/c1-47-25-33-57(34-26-47)81-67-39-29-49(3)41-63(67)77-61-21-13-15-23-65(61)79(55-17-9-7-10-18-55)69-43-53(45-71(81)75(69)77)73-51(5)31-38-60-59(73)37-32-52(6)74(60)54-44-70-76-72(46-54)82(58-35-27-48(2)28-36-58)68-40-30-50(4)42-64(68)78(76)62-22-14-16-24-66(62)80(70)56-19-11-8-12-20-56;2*1-2/h7-46H,1-6H3;2*1-2H3. The largest absolute Gasteiger partial charge is 0.311 e. The first-order valence-corrected chi connectivity index (χ1v) is 30.9. The minimum absolute atomic E-state index is 0.0252. The van der Waals surface area contributed by atoms with E-state index in [1.807, 2.05) is 27.7 Å². The second kappa shape index (κ2) is 21.7. The Balaban J connectivity index is 0.00000160. The van der Waals surface area contributed by atoms with E-state index in [0.29, 0.717) is 0 Å². The minimum atomic E-state index is 0.0252. The molecule has 12 aromatic carbocycles. The number of fused-ring (bicyclic) bond motifs is 9. The van der Waals surface area contributed by atoms with Crippen LogP contribution in [0, 0.1) is 41.5 Å². The lowest BCUT2D eigenvalue weighted by molar-refractivity contribution is 1.25. The number of hydrogen-bond donors (Lipinski definition) is 0. The Labute approximate surface area is 509 Å². The summed E-state index contributed by atoms with van der Waals surface area (Å²) in [5, 5.41) is 2.46. The summed E-state index contributed by atoms with van der Waals surface area (Å²) in [5.74, 6) is 0. The van der Waals surface area contributed by atoms with Gasteiger partial charge in [0.25, 0.3) is 13.4 Å². The maximum absolute atomic E-state index is 2.54. The number of aryl methyl sites for hydroxylation is 6. The summed E-state index contributed by atoms with van der Waals surface area (Å²) >= 11 is 0. The van der Waals surface area contributed by atoms with Gasteiger partial charge in [-0.25, -0.2) is 0 Å². The Hall–Kier alpha value is -9.77. The van der Waals surface area contributed by atoms with Crippen molar-refractivity contribution in [1.29, 1.82) is 0 Å². The maximum atomic E-state index is 2.54. The second-order valence-corrected chi connectivity index (χ2v) is 23.3. The van der Waals surface area contributed by atoms with Gasteiger partial charge in [0.05, 0.1) is 0 Å². The molecule has 0 atom stereocenters. The van der Waals surface area contributed by atoms with Crippen LogP contribution in [0.4, 0.5) is 68.2 Å². The van der Waals surface area contributed by atoms with Crippen LogP contribution in [0.3, 0.4) is 0 Å². The van der Waals surface area contributed by atoms with Crippen LogP contribution in [-0.2, 0) is 0 Å². The zero-order valence-corrected chi connectivity index (χ0v) is 51.0. The normalized spacial score (nSPS) is 12.9. The van der Waals surface area contributed by atoms with E-state index in [4.69, 9.17) is 0 Å². The summed E-state index contributed by atoms with van der Waals surface area (Å²) in [4.78, 5) is 10.1. The summed E-state index contributed by atoms with van der Waals surface area (Å²) in [6, 6.07) is 92.1. The van der Waals surface area contributed by atoms with Crippen molar-refractivity contribution in [2.75, 3.05) is 19.6 Å². The van der Waals surface area contributed by atoms with Gasteiger partial charge in [-0.1, -0.05) is 196 Å². The molecule has 0 saturated heterocycles. The molecule has 16 rings (SSSR count). The highest BCUT2D eigenvalue weighted by Crippen LogP contribution is 2.51. The molecule has 0 bridgehead atoms. The lowest BCUT2D eigenvalue weighted by atomic mass is 9.33. The molecule has 0 aliphatic carbocycles. The fourth-order valence-corrected chi connectivity index (χ4v) is 14.5. The predicted octanol–water partition coefficient (Wildman–Crippen LogP) is 18.2. The molecule has 4 aliphatic heterocycles. The highest BCUT2D eigenvalue weighted by Gasteiger charge is 2.46. The first-order valence-electron chi connectivity index (χ1n) is 30.9. The maximum Gasteiger partial charge on any atom is 0.252 e. The van der Waals surface area contributed by atoms with Gasteiger partial charge in [0.1, 0.15) is 0 Å². The molecule has 0 saturated carbocycles. The summed E-state index contributed by atoms with van der Waals surface area (Å²) in [6.07, 6.45) is 0. The van der Waals surface area contributed by atoms with Gasteiger partial charge in [0.2, 0.25) is 0 Å². The van der Waals surface area contributed by atoms with E-state index in [-0.39, 0.29) is 13.4 Å². The Kier molecular flexibility index (Phi) is 13.7. The van der Waals surface area contributed by atoms with Crippen LogP contribution in [-0.4, -0.2) is 13.4 Å². The molecule has 4 nitrogen and oxygen atoms in total. The third-order valence-electron chi connectivity index (χ3n) is 18.1. The van der Waals surface area contributed by atoms with E-state index in [9.17, 15) is 0 Å². The Bertz CT molecular complexity index is 4320. The summed E-state index contributed by atoms with van der Waals surface area (Å²) in [7, 11) is 0. The molecule has 0 unspecified atom stereocenters. The van der Waals surface area contributed by atoms with Crippen LogP contribution in [0.1, 0.15) is 61.1 Å². The molecular formula is C80H70B2N4. The summed E-state index contributed by atoms with van der Waals surface area (Å²) in [5.41, 5.74) is 34.5. The van der Waals surface area contributed by atoms with Crippen molar-refractivity contribution in [1.82, 2.24) is 0 Å². The lowest BCUT2D eigenvalue weighted by Crippen LogP contribution is -2.61. The third kappa shape index (κ3) is 8.51. The third-order valence-corrected chi connectivity index (χ3v) is 18.1. The SMILES string of the molecule is CC.CC.Cc1ccc(N2c3ccc(C)cc3B3c4ccccc4N(c4ccccc4)c4cc(-c5c(C)ccc6c(-c7cc8c9c(c7)N(c7ccc(C)cc7)c7ccc(C)cc7B9c7ccccc7N8c7ccccc7)c(C)ccc56)cc2c43)cc1. The van der Waals surface area contributed by atoms with Crippen molar-refractivity contribution in [3.05, 3.63) is 276 Å². The van der Waals surface area contributed by atoms with E-state index < -0.39 is 0 Å². The fraction of sp³-hybridized carbons (Fsp3) is 0.125. The predicted molar refractivity (Wildman–Crippen MR) is 374 cm³/mol. The van der Waals surface area contributed by atoms with Crippen LogP contribution in [0.15, 0.2) is 243 Å². The number of benzene rings is 12. The Morgan fingerprint density at radius 3 is 0.907 bits per heavy atom. The van der Waals surface area contributed by atoms with Gasteiger partial charge in [-0.15, -0.1) is 0 Å². The highest BCUT2D eigenvalue weighted by molar-refractivity contribution is 7.01. The molecule has 4 aliphatic rings. The van der Waals surface area contributed by atoms with Gasteiger partial charge in [0.15, 0.2) is 0 Å². The van der Waals surface area contributed by atoms with Crippen molar-refractivity contribution >= 4 is 125 Å².